The van der Waals surface area contributed by atoms with E-state index in [1.165, 1.54) is 22.2 Å². The van der Waals surface area contributed by atoms with Gasteiger partial charge in [0.1, 0.15) is 12.3 Å². The number of aliphatic hydroxyl groups excluding tert-OH is 2. The van der Waals surface area contributed by atoms with Gasteiger partial charge in [-0.15, -0.1) is 0 Å². The van der Waals surface area contributed by atoms with Crippen molar-refractivity contribution in [1.29, 1.82) is 0 Å². The van der Waals surface area contributed by atoms with Crippen molar-refractivity contribution in [3.63, 3.8) is 0 Å². The smallest absolute Gasteiger partial charge is 0.160 e. The molecule has 4 saturated heterocycles. The van der Waals surface area contributed by atoms with Crippen LogP contribution in [-0.4, -0.2) is 38.2 Å². The van der Waals surface area contributed by atoms with Crippen LogP contribution in [0.15, 0.2) is 24.3 Å². The van der Waals surface area contributed by atoms with Crippen LogP contribution >= 0.6 is 0 Å². The van der Waals surface area contributed by atoms with Crippen molar-refractivity contribution in [2.45, 2.75) is 50.5 Å². The molecule has 2 aromatic rings. The zero-order valence-electron chi connectivity index (χ0n) is 14.5. The minimum Gasteiger partial charge on any atom is -0.378 e. The molecule has 5 nitrogen and oxygen atoms in total. The molecule has 4 fully saturated rings. The molecule has 0 aliphatic carbocycles. The summed E-state index contributed by atoms with van der Waals surface area (Å²) in [5.41, 5.74) is 3.72. The normalized spacial score (nSPS) is 46.6. The molecular weight excluding hydrogens is 316 g/mol. The zero-order chi connectivity index (χ0) is 17.0. The number of benzene rings is 1. The highest BCUT2D eigenvalue weighted by atomic mass is 16.6. The number of ether oxygens (including phenoxy) is 1. The SMILES string of the molecule is CCC1[C@@H]2C[C@H]3c4c(c5ccccc5n4C)[C@H]4O[C@@H](O)C2[C@H]4N3[C@@H]1O. The molecule has 1 aromatic carbocycles. The Morgan fingerprint density at radius 3 is 2.84 bits per heavy atom. The number of piperidine rings is 3. The third-order valence-electron chi connectivity index (χ3n) is 7.52. The van der Waals surface area contributed by atoms with Gasteiger partial charge in [0.05, 0.1) is 12.1 Å². The third kappa shape index (κ3) is 1.51. The highest BCUT2D eigenvalue weighted by Gasteiger charge is 2.66. The van der Waals surface area contributed by atoms with E-state index in [-0.39, 0.29) is 30.0 Å². The molecule has 132 valence electrons. The van der Waals surface area contributed by atoms with Gasteiger partial charge in [-0.2, -0.15) is 0 Å². The molecule has 2 N–H and O–H groups in total. The van der Waals surface area contributed by atoms with Gasteiger partial charge in [-0.3, -0.25) is 4.90 Å². The number of aryl methyl sites for hydroxylation is 1. The Hall–Kier alpha value is -1.40. The molecule has 5 aliphatic rings. The molecule has 9 atom stereocenters. The Bertz CT molecular complexity index is 877. The van der Waals surface area contributed by atoms with Gasteiger partial charge in [0.2, 0.25) is 0 Å². The van der Waals surface area contributed by atoms with Crippen LogP contribution in [0.2, 0.25) is 0 Å². The van der Waals surface area contributed by atoms with E-state index in [1.807, 2.05) is 0 Å². The van der Waals surface area contributed by atoms with Crippen LogP contribution in [0.3, 0.4) is 0 Å². The average Bonchev–Trinajstić information content (AvgIpc) is 3.12. The predicted molar refractivity (Wildman–Crippen MR) is 92.5 cm³/mol. The van der Waals surface area contributed by atoms with Crippen LogP contribution in [0.5, 0.6) is 0 Å². The van der Waals surface area contributed by atoms with Gasteiger partial charge in [-0.1, -0.05) is 25.1 Å². The van der Waals surface area contributed by atoms with E-state index in [9.17, 15) is 10.2 Å². The number of aromatic nitrogens is 1. The van der Waals surface area contributed by atoms with Crippen molar-refractivity contribution >= 4 is 10.9 Å². The Labute approximate surface area is 146 Å². The lowest BCUT2D eigenvalue weighted by atomic mass is 9.60. The monoisotopic (exact) mass is 340 g/mol. The van der Waals surface area contributed by atoms with Crippen molar-refractivity contribution in [1.82, 2.24) is 9.47 Å². The maximum absolute atomic E-state index is 11.1. The first-order chi connectivity index (χ1) is 12.1. The van der Waals surface area contributed by atoms with E-state index < -0.39 is 12.5 Å². The molecule has 5 aliphatic heterocycles. The Morgan fingerprint density at radius 2 is 2.04 bits per heavy atom. The number of nitrogens with zero attached hydrogens (tertiary/aromatic N) is 2. The lowest BCUT2D eigenvalue weighted by Gasteiger charge is -2.61. The second kappa shape index (κ2) is 4.65. The number of para-hydroxylation sites is 1. The molecule has 1 aromatic heterocycles. The van der Waals surface area contributed by atoms with Crippen LogP contribution in [0.25, 0.3) is 10.9 Å². The van der Waals surface area contributed by atoms with Crippen LogP contribution in [0.4, 0.5) is 0 Å². The fraction of sp³-hybridized carbons (Fsp3) is 0.600. The summed E-state index contributed by atoms with van der Waals surface area (Å²) in [5.74, 6) is 0.665. The van der Waals surface area contributed by atoms with E-state index in [0.29, 0.717) is 5.92 Å². The van der Waals surface area contributed by atoms with Gasteiger partial charge in [-0.05, 0) is 24.8 Å². The summed E-state index contributed by atoms with van der Waals surface area (Å²) in [6.07, 6.45) is 0.638. The Morgan fingerprint density at radius 1 is 1.24 bits per heavy atom. The van der Waals surface area contributed by atoms with E-state index in [0.717, 1.165) is 12.8 Å². The van der Waals surface area contributed by atoms with Gasteiger partial charge in [0, 0.05) is 41.0 Å². The van der Waals surface area contributed by atoms with Crippen molar-refractivity contribution < 1.29 is 14.9 Å². The quantitative estimate of drug-likeness (QED) is 0.836. The Kier molecular flexibility index (Phi) is 2.74. The third-order valence-corrected chi connectivity index (χ3v) is 7.52. The number of rotatable bonds is 1. The number of aliphatic hydroxyl groups is 2. The summed E-state index contributed by atoms with van der Waals surface area (Å²) in [7, 11) is 2.12. The lowest BCUT2D eigenvalue weighted by molar-refractivity contribution is -0.219. The summed E-state index contributed by atoms with van der Waals surface area (Å²) < 4.78 is 8.44. The first kappa shape index (κ1) is 14.7. The van der Waals surface area contributed by atoms with Crippen molar-refractivity contribution in [2.75, 3.05) is 0 Å². The number of hydrogen-bond acceptors (Lipinski definition) is 4. The molecule has 25 heavy (non-hydrogen) atoms. The highest BCUT2D eigenvalue weighted by molar-refractivity contribution is 5.86. The molecule has 4 bridgehead atoms. The zero-order valence-corrected chi connectivity index (χ0v) is 14.5. The topological polar surface area (TPSA) is 57.9 Å². The maximum atomic E-state index is 11.1. The second-order valence-electron chi connectivity index (χ2n) is 8.24. The predicted octanol–water partition coefficient (Wildman–Crippen LogP) is 2.29. The summed E-state index contributed by atoms with van der Waals surface area (Å²) in [6, 6.07) is 8.78. The summed E-state index contributed by atoms with van der Waals surface area (Å²) in [5, 5.41) is 23.0. The first-order valence-electron chi connectivity index (χ1n) is 9.49. The average molecular weight is 340 g/mol. The summed E-state index contributed by atoms with van der Waals surface area (Å²) in [4.78, 5) is 2.28. The molecule has 7 rings (SSSR count). The van der Waals surface area contributed by atoms with Crippen LogP contribution in [0.1, 0.15) is 43.2 Å². The van der Waals surface area contributed by atoms with Crippen molar-refractivity contribution in [2.24, 2.45) is 24.8 Å². The van der Waals surface area contributed by atoms with Crippen LogP contribution < -0.4 is 0 Å². The fourth-order valence-corrected chi connectivity index (χ4v) is 6.67. The highest BCUT2D eigenvalue weighted by Crippen LogP contribution is 2.64. The van der Waals surface area contributed by atoms with E-state index in [4.69, 9.17) is 4.74 Å². The van der Waals surface area contributed by atoms with Crippen molar-refractivity contribution in [3.05, 3.63) is 35.5 Å². The Balaban J connectivity index is 1.65. The van der Waals surface area contributed by atoms with Gasteiger partial charge in [0.25, 0.3) is 0 Å². The van der Waals surface area contributed by atoms with E-state index >= 15 is 0 Å². The van der Waals surface area contributed by atoms with Gasteiger partial charge in [-0.25, -0.2) is 0 Å². The van der Waals surface area contributed by atoms with Gasteiger partial charge in [0.15, 0.2) is 6.29 Å². The van der Waals surface area contributed by atoms with Crippen LogP contribution in [0, 0.1) is 17.8 Å². The van der Waals surface area contributed by atoms with Gasteiger partial charge >= 0.3 is 0 Å². The molecular formula is C20H24N2O3. The molecule has 6 heterocycles. The molecule has 5 heteroatoms. The molecule has 0 spiro atoms. The fourth-order valence-electron chi connectivity index (χ4n) is 6.67. The maximum Gasteiger partial charge on any atom is 0.160 e. The molecule has 0 radical (unpaired) electrons. The van der Waals surface area contributed by atoms with E-state index in [2.05, 4.69) is 47.7 Å². The minimum atomic E-state index is -0.727. The summed E-state index contributed by atoms with van der Waals surface area (Å²) in [6.45, 7) is 2.15. The minimum absolute atomic E-state index is 0.0925. The number of fused-ring (bicyclic) bond motifs is 5. The van der Waals surface area contributed by atoms with Crippen molar-refractivity contribution in [3.8, 4) is 0 Å². The van der Waals surface area contributed by atoms with Crippen LogP contribution in [-0.2, 0) is 11.8 Å². The molecule has 3 unspecified atom stereocenters. The lowest BCUT2D eigenvalue weighted by Crippen LogP contribution is -2.67. The first-order valence-corrected chi connectivity index (χ1v) is 9.49. The van der Waals surface area contributed by atoms with E-state index in [1.54, 1.807) is 0 Å². The standard InChI is InChI=1S/C20H24N2O3/c1-3-9-11-8-13-16-14(10-6-4-5-7-12(10)21(16)2)18-17(22(13)19(9)23)15(11)20(24)25-18/h4-7,9,11,13,15,17-20,23-24H,3,8H2,1-2H3/t9?,11-,13-,15?,17+,18+,19+,20+/m0/s1. The largest absolute Gasteiger partial charge is 0.378 e. The summed E-state index contributed by atoms with van der Waals surface area (Å²) >= 11 is 0. The second-order valence-corrected chi connectivity index (χ2v) is 8.24. The van der Waals surface area contributed by atoms with Gasteiger partial charge < -0.3 is 19.5 Å². The number of hydrogen-bond donors (Lipinski definition) is 2. The molecule has 0 saturated carbocycles. The molecule has 0 amide bonds.